The van der Waals surface area contributed by atoms with Gasteiger partial charge in [-0.3, -0.25) is 0 Å². The van der Waals surface area contributed by atoms with Crippen molar-refractivity contribution in [1.82, 2.24) is 0 Å². The van der Waals surface area contributed by atoms with Crippen molar-refractivity contribution in [1.29, 1.82) is 0 Å². The molecule has 0 radical (unpaired) electrons. The van der Waals surface area contributed by atoms with E-state index in [2.05, 4.69) is 60.7 Å². The Bertz CT molecular complexity index is 315. The minimum absolute atomic E-state index is 0.137. The lowest BCUT2D eigenvalue weighted by molar-refractivity contribution is 0.0903. The molecule has 3 atom stereocenters. The van der Waals surface area contributed by atoms with Gasteiger partial charge in [0, 0.05) is 0 Å². The molecule has 0 saturated heterocycles. The van der Waals surface area contributed by atoms with Crippen molar-refractivity contribution in [3.8, 4) is 0 Å². The van der Waals surface area contributed by atoms with E-state index in [-0.39, 0.29) is 17.7 Å². The van der Waals surface area contributed by atoms with Gasteiger partial charge >= 0.3 is 0 Å². The topological polar surface area (TPSA) is 29.5 Å². The molecule has 0 saturated carbocycles. The molecule has 0 spiro atoms. The second-order valence-corrected chi connectivity index (χ2v) is 12.5. The standard InChI is InChI=1S/C17H36O2Si/c1-10-14(3)16(15(4)11-13(2)12-18)19-20(8,9)17(5,6)7/h11,14-16,18H,10,12H2,1-9H3/b13-11+/t14-,15+,16+/m0/s1. The smallest absolute Gasteiger partial charge is 0.192 e. The second-order valence-electron chi connectivity index (χ2n) is 7.76. The van der Waals surface area contributed by atoms with E-state index < -0.39 is 8.32 Å². The van der Waals surface area contributed by atoms with Gasteiger partial charge in [-0.15, -0.1) is 0 Å². The van der Waals surface area contributed by atoms with Gasteiger partial charge in [0.15, 0.2) is 8.32 Å². The number of hydrogen-bond acceptors (Lipinski definition) is 2. The Labute approximate surface area is 127 Å². The summed E-state index contributed by atoms with van der Waals surface area (Å²) in [6.07, 6.45) is 3.53. The zero-order chi connectivity index (χ0) is 16.1. The van der Waals surface area contributed by atoms with Crippen molar-refractivity contribution < 1.29 is 9.53 Å². The van der Waals surface area contributed by atoms with E-state index in [1.54, 1.807) is 0 Å². The molecule has 0 aliphatic rings. The minimum Gasteiger partial charge on any atom is -0.413 e. The largest absolute Gasteiger partial charge is 0.413 e. The predicted octanol–water partition coefficient (Wildman–Crippen LogP) is 5.00. The SMILES string of the molecule is CC[C@H](C)[C@@H](O[Si](C)(C)C(C)(C)C)[C@H](C)/C=C(\C)CO. The zero-order valence-electron chi connectivity index (χ0n) is 15.1. The number of rotatable bonds is 7. The maximum atomic E-state index is 9.22. The molecule has 0 bridgehead atoms. The quantitative estimate of drug-likeness (QED) is 0.530. The number of aliphatic hydroxyl groups excluding tert-OH is 1. The van der Waals surface area contributed by atoms with Gasteiger partial charge in [0.2, 0.25) is 0 Å². The van der Waals surface area contributed by atoms with E-state index in [9.17, 15) is 5.11 Å². The molecule has 0 aromatic rings. The molecule has 2 nitrogen and oxygen atoms in total. The fourth-order valence-electron chi connectivity index (χ4n) is 2.09. The van der Waals surface area contributed by atoms with Crippen molar-refractivity contribution in [2.24, 2.45) is 11.8 Å². The van der Waals surface area contributed by atoms with Gasteiger partial charge in [-0.25, -0.2) is 0 Å². The van der Waals surface area contributed by atoms with Crippen molar-refractivity contribution in [3.05, 3.63) is 11.6 Å². The third-order valence-electron chi connectivity index (χ3n) is 4.76. The molecule has 0 aliphatic heterocycles. The average Bonchev–Trinajstić information content (AvgIpc) is 2.33. The van der Waals surface area contributed by atoms with Crippen LogP contribution in [0.15, 0.2) is 11.6 Å². The van der Waals surface area contributed by atoms with Gasteiger partial charge in [-0.05, 0) is 36.9 Å². The molecule has 0 unspecified atom stereocenters. The fraction of sp³-hybridized carbons (Fsp3) is 0.882. The van der Waals surface area contributed by atoms with E-state index in [1.165, 1.54) is 0 Å². The van der Waals surface area contributed by atoms with Crippen LogP contribution in [0.3, 0.4) is 0 Å². The van der Waals surface area contributed by atoms with E-state index in [4.69, 9.17) is 4.43 Å². The minimum atomic E-state index is -1.76. The van der Waals surface area contributed by atoms with E-state index >= 15 is 0 Å². The Hall–Kier alpha value is -0.123. The molecule has 3 heteroatoms. The average molecular weight is 301 g/mol. The van der Waals surface area contributed by atoms with Gasteiger partial charge in [0.05, 0.1) is 12.7 Å². The summed E-state index contributed by atoms with van der Waals surface area (Å²) in [6.45, 7) is 20.3. The molecule has 0 aromatic heterocycles. The molecule has 0 aromatic carbocycles. The van der Waals surface area contributed by atoms with Crippen molar-refractivity contribution in [2.45, 2.75) is 79.1 Å². The summed E-state index contributed by atoms with van der Waals surface area (Å²) in [5.41, 5.74) is 1.03. The summed E-state index contributed by atoms with van der Waals surface area (Å²) >= 11 is 0. The first kappa shape index (κ1) is 19.9. The molecular formula is C17H36O2Si. The molecule has 1 N–H and O–H groups in total. The molecule has 0 fully saturated rings. The molecular weight excluding hydrogens is 264 g/mol. The number of hydrogen-bond donors (Lipinski definition) is 1. The van der Waals surface area contributed by atoms with Gasteiger partial charge in [-0.2, -0.15) is 0 Å². The summed E-state index contributed by atoms with van der Waals surface area (Å²) in [7, 11) is -1.76. The van der Waals surface area contributed by atoms with Crippen LogP contribution in [0.1, 0.15) is 54.9 Å². The monoisotopic (exact) mass is 300 g/mol. The lowest BCUT2D eigenvalue weighted by Crippen LogP contribution is -2.47. The zero-order valence-corrected chi connectivity index (χ0v) is 16.1. The van der Waals surface area contributed by atoms with Crippen LogP contribution in [0, 0.1) is 11.8 Å². The van der Waals surface area contributed by atoms with Crippen LogP contribution < -0.4 is 0 Å². The molecule has 0 heterocycles. The third kappa shape index (κ3) is 5.70. The molecule has 0 rings (SSSR count). The molecule has 120 valence electrons. The van der Waals surface area contributed by atoms with Crippen LogP contribution in [-0.2, 0) is 4.43 Å². The van der Waals surface area contributed by atoms with Crippen LogP contribution in [0.5, 0.6) is 0 Å². The first-order valence-electron chi connectivity index (χ1n) is 7.92. The Morgan fingerprint density at radius 3 is 2.10 bits per heavy atom. The van der Waals surface area contributed by atoms with Gasteiger partial charge in [0.25, 0.3) is 0 Å². The Morgan fingerprint density at radius 2 is 1.75 bits per heavy atom. The third-order valence-corrected chi connectivity index (χ3v) is 9.23. The summed E-state index contributed by atoms with van der Waals surface area (Å²) in [5.74, 6) is 0.869. The normalized spacial score (nSPS) is 18.8. The maximum Gasteiger partial charge on any atom is 0.192 e. The second kappa shape index (κ2) is 7.76. The van der Waals surface area contributed by atoms with Crippen molar-refractivity contribution in [2.75, 3.05) is 6.61 Å². The lowest BCUT2D eigenvalue weighted by Gasteiger charge is -2.42. The first-order valence-corrected chi connectivity index (χ1v) is 10.8. The van der Waals surface area contributed by atoms with Crippen molar-refractivity contribution >= 4 is 8.32 Å². The van der Waals surface area contributed by atoms with Crippen LogP contribution in [0.25, 0.3) is 0 Å². The summed E-state index contributed by atoms with van der Waals surface area (Å²) in [4.78, 5) is 0. The highest BCUT2D eigenvalue weighted by Crippen LogP contribution is 2.39. The highest BCUT2D eigenvalue weighted by atomic mass is 28.4. The highest BCUT2D eigenvalue weighted by molar-refractivity contribution is 6.74. The van der Waals surface area contributed by atoms with Crippen LogP contribution in [-0.4, -0.2) is 26.1 Å². The maximum absolute atomic E-state index is 9.22. The summed E-state index contributed by atoms with van der Waals surface area (Å²) in [5, 5.41) is 9.45. The van der Waals surface area contributed by atoms with Crippen LogP contribution in [0.2, 0.25) is 18.1 Å². The molecule has 0 aliphatic carbocycles. The van der Waals surface area contributed by atoms with Gasteiger partial charge < -0.3 is 9.53 Å². The van der Waals surface area contributed by atoms with Crippen LogP contribution >= 0.6 is 0 Å². The number of aliphatic hydroxyl groups is 1. The van der Waals surface area contributed by atoms with Gasteiger partial charge in [-0.1, -0.05) is 59.6 Å². The van der Waals surface area contributed by atoms with Crippen LogP contribution in [0.4, 0.5) is 0 Å². The molecule has 20 heavy (non-hydrogen) atoms. The highest BCUT2D eigenvalue weighted by Gasteiger charge is 2.40. The summed E-state index contributed by atoms with van der Waals surface area (Å²) in [6, 6.07) is 0. The van der Waals surface area contributed by atoms with E-state index in [0.717, 1.165) is 12.0 Å². The Balaban J connectivity index is 5.19. The Kier molecular flexibility index (Phi) is 7.72. The first-order chi connectivity index (χ1) is 8.96. The summed E-state index contributed by atoms with van der Waals surface area (Å²) < 4.78 is 6.67. The predicted molar refractivity (Wildman–Crippen MR) is 91.5 cm³/mol. The fourth-order valence-corrected chi connectivity index (χ4v) is 3.57. The Morgan fingerprint density at radius 1 is 1.25 bits per heavy atom. The van der Waals surface area contributed by atoms with E-state index in [1.807, 2.05) is 6.92 Å². The van der Waals surface area contributed by atoms with E-state index in [0.29, 0.717) is 11.8 Å². The van der Waals surface area contributed by atoms with Crippen molar-refractivity contribution in [3.63, 3.8) is 0 Å². The lowest BCUT2D eigenvalue weighted by atomic mass is 9.90. The molecule has 0 amide bonds. The van der Waals surface area contributed by atoms with Gasteiger partial charge in [0.1, 0.15) is 0 Å².